The molecule has 1 heterocycles. The van der Waals surface area contributed by atoms with E-state index in [1.807, 2.05) is 38.8 Å². The average molecular weight is 334 g/mol. The van der Waals surface area contributed by atoms with Crippen LogP contribution in [0.25, 0.3) is 0 Å². The molecule has 1 aromatic carbocycles. The molecule has 0 unspecified atom stereocenters. The Balaban J connectivity index is 2.14. The van der Waals surface area contributed by atoms with E-state index in [-0.39, 0.29) is 23.4 Å². The topological polar surface area (TPSA) is 94.5 Å². The lowest BCUT2D eigenvalue weighted by molar-refractivity contribution is -0.385. The summed E-state index contributed by atoms with van der Waals surface area (Å²) in [6.07, 6.45) is 0. The molecule has 0 saturated carbocycles. The molecule has 1 aromatic heterocycles. The van der Waals surface area contributed by atoms with Crippen molar-refractivity contribution in [3.63, 3.8) is 0 Å². The Morgan fingerprint density at radius 1 is 1.38 bits per heavy atom. The first-order valence-electron chi connectivity index (χ1n) is 7.68. The number of ether oxygens (including phenoxy) is 1. The van der Waals surface area contributed by atoms with Crippen LogP contribution in [0, 0.1) is 10.1 Å². The fraction of sp³-hybridized carbons (Fsp3) is 0.500. The first kappa shape index (κ1) is 17.9. The molecule has 1 atom stereocenters. The van der Waals surface area contributed by atoms with E-state index in [0.717, 1.165) is 5.56 Å². The van der Waals surface area contributed by atoms with Gasteiger partial charge in [-0.1, -0.05) is 25.1 Å². The van der Waals surface area contributed by atoms with E-state index in [0.29, 0.717) is 18.3 Å². The SMILES string of the molecule is COc1ccc(CN(C)[C@@H](C)c2nc(C(C)C)no2)cc1[N+](=O)[O-]. The second kappa shape index (κ2) is 7.39. The highest BCUT2D eigenvalue weighted by Crippen LogP contribution is 2.29. The Hall–Kier alpha value is -2.48. The Kier molecular flexibility index (Phi) is 5.50. The van der Waals surface area contributed by atoms with Crippen LogP contribution in [-0.4, -0.2) is 34.1 Å². The lowest BCUT2D eigenvalue weighted by atomic mass is 10.1. The van der Waals surface area contributed by atoms with Crippen LogP contribution in [0.2, 0.25) is 0 Å². The first-order chi connectivity index (χ1) is 11.3. The van der Waals surface area contributed by atoms with Crippen molar-refractivity contribution in [2.24, 2.45) is 0 Å². The van der Waals surface area contributed by atoms with E-state index in [9.17, 15) is 10.1 Å². The van der Waals surface area contributed by atoms with Crippen molar-refractivity contribution in [1.82, 2.24) is 15.0 Å². The van der Waals surface area contributed by atoms with Gasteiger partial charge in [0.15, 0.2) is 11.6 Å². The van der Waals surface area contributed by atoms with Crippen molar-refractivity contribution >= 4 is 5.69 Å². The summed E-state index contributed by atoms with van der Waals surface area (Å²) in [5.41, 5.74) is 0.761. The van der Waals surface area contributed by atoms with Crippen LogP contribution in [0.15, 0.2) is 22.7 Å². The molecule has 2 rings (SSSR count). The fourth-order valence-electron chi connectivity index (χ4n) is 2.24. The Morgan fingerprint density at radius 3 is 2.62 bits per heavy atom. The van der Waals surface area contributed by atoms with Crippen molar-refractivity contribution in [3.8, 4) is 5.75 Å². The molecule has 0 N–H and O–H groups in total. The summed E-state index contributed by atoms with van der Waals surface area (Å²) >= 11 is 0. The minimum Gasteiger partial charge on any atom is -0.490 e. The Labute approximate surface area is 140 Å². The molecule has 0 bridgehead atoms. The standard InChI is InChI=1S/C16H22N4O4/c1-10(2)15-17-16(24-18-15)11(3)19(4)9-12-6-7-14(23-5)13(8-12)20(21)22/h6-8,10-11H,9H2,1-5H3/t11-/m0/s1. The van der Waals surface area contributed by atoms with E-state index < -0.39 is 4.92 Å². The number of nitro groups is 1. The third-order valence-corrected chi connectivity index (χ3v) is 3.86. The minimum absolute atomic E-state index is 0.0454. The summed E-state index contributed by atoms with van der Waals surface area (Å²) in [6.45, 7) is 6.46. The highest BCUT2D eigenvalue weighted by molar-refractivity contribution is 5.48. The van der Waals surface area contributed by atoms with E-state index >= 15 is 0 Å². The zero-order chi connectivity index (χ0) is 17.9. The molecule has 0 saturated heterocycles. The second-order valence-corrected chi connectivity index (χ2v) is 6.00. The number of aromatic nitrogens is 2. The van der Waals surface area contributed by atoms with Crippen molar-refractivity contribution in [2.45, 2.75) is 39.3 Å². The maximum Gasteiger partial charge on any atom is 0.311 e. The van der Waals surface area contributed by atoms with Crippen LogP contribution in [0.3, 0.4) is 0 Å². The fourth-order valence-corrected chi connectivity index (χ4v) is 2.24. The molecule has 0 aliphatic carbocycles. The highest BCUT2D eigenvalue weighted by Gasteiger charge is 2.21. The predicted octanol–water partition coefficient (Wildman–Crippen LogP) is 3.30. The first-order valence-corrected chi connectivity index (χ1v) is 7.68. The molecule has 0 aliphatic heterocycles. The lowest BCUT2D eigenvalue weighted by Gasteiger charge is -2.21. The molecule has 0 aliphatic rings. The Morgan fingerprint density at radius 2 is 2.08 bits per heavy atom. The second-order valence-electron chi connectivity index (χ2n) is 6.00. The number of nitrogens with zero attached hydrogens (tertiary/aromatic N) is 4. The zero-order valence-corrected chi connectivity index (χ0v) is 14.5. The van der Waals surface area contributed by atoms with Gasteiger partial charge in [0.1, 0.15) is 0 Å². The van der Waals surface area contributed by atoms with E-state index in [1.165, 1.54) is 13.2 Å². The third kappa shape index (κ3) is 3.88. The predicted molar refractivity (Wildman–Crippen MR) is 87.9 cm³/mol. The maximum atomic E-state index is 11.1. The van der Waals surface area contributed by atoms with Gasteiger partial charge >= 0.3 is 5.69 Å². The number of hydrogen-bond acceptors (Lipinski definition) is 7. The van der Waals surface area contributed by atoms with Gasteiger partial charge in [-0.2, -0.15) is 4.98 Å². The molecule has 2 aromatic rings. The summed E-state index contributed by atoms with van der Waals surface area (Å²) in [5.74, 6) is 1.65. The van der Waals surface area contributed by atoms with Crippen LogP contribution in [-0.2, 0) is 6.54 Å². The van der Waals surface area contributed by atoms with Crippen molar-refractivity contribution < 1.29 is 14.2 Å². The van der Waals surface area contributed by atoms with E-state index in [2.05, 4.69) is 10.1 Å². The highest BCUT2D eigenvalue weighted by atomic mass is 16.6. The molecule has 0 spiro atoms. The van der Waals surface area contributed by atoms with Gasteiger partial charge in [-0.3, -0.25) is 15.0 Å². The van der Waals surface area contributed by atoms with Crippen LogP contribution < -0.4 is 4.74 Å². The van der Waals surface area contributed by atoms with Crippen LogP contribution in [0.4, 0.5) is 5.69 Å². The largest absolute Gasteiger partial charge is 0.490 e. The molecule has 130 valence electrons. The van der Waals surface area contributed by atoms with Gasteiger partial charge < -0.3 is 9.26 Å². The number of benzene rings is 1. The molecule has 0 radical (unpaired) electrons. The summed E-state index contributed by atoms with van der Waals surface area (Å²) in [6, 6.07) is 4.83. The molecule has 24 heavy (non-hydrogen) atoms. The van der Waals surface area contributed by atoms with E-state index in [4.69, 9.17) is 9.26 Å². The third-order valence-electron chi connectivity index (χ3n) is 3.86. The van der Waals surface area contributed by atoms with E-state index in [1.54, 1.807) is 6.07 Å². The molecule has 8 nitrogen and oxygen atoms in total. The van der Waals surface area contributed by atoms with Crippen LogP contribution in [0.5, 0.6) is 5.75 Å². The van der Waals surface area contributed by atoms with Crippen LogP contribution in [0.1, 0.15) is 50.0 Å². The van der Waals surface area contributed by atoms with Crippen molar-refractivity contribution in [1.29, 1.82) is 0 Å². The summed E-state index contributed by atoms with van der Waals surface area (Å²) in [4.78, 5) is 17.1. The average Bonchev–Trinajstić information content (AvgIpc) is 3.04. The van der Waals surface area contributed by atoms with Gasteiger partial charge in [-0.25, -0.2) is 0 Å². The molecular formula is C16H22N4O4. The lowest BCUT2D eigenvalue weighted by Crippen LogP contribution is -2.22. The maximum absolute atomic E-state index is 11.1. The summed E-state index contributed by atoms with van der Waals surface area (Å²) in [5, 5.41) is 15.1. The number of nitro benzene ring substituents is 1. The number of methoxy groups -OCH3 is 1. The summed E-state index contributed by atoms with van der Waals surface area (Å²) < 4.78 is 10.3. The normalized spacial score (nSPS) is 12.6. The van der Waals surface area contributed by atoms with Crippen molar-refractivity contribution in [3.05, 3.63) is 45.6 Å². The smallest absolute Gasteiger partial charge is 0.311 e. The molecule has 0 fully saturated rings. The molecule has 0 amide bonds. The molecule has 8 heteroatoms. The van der Waals surface area contributed by atoms with Crippen molar-refractivity contribution in [2.75, 3.05) is 14.2 Å². The van der Waals surface area contributed by atoms with Gasteiger partial charge in [-0.15, -0.1) is 0 Å². The number of rotatable bonds is 7. The van der Waals surface area contributed by atoms with Gasteiger partial charge in [-0.05, 0) is 25.6 Å². The molecular weight excluding hydrogens is 312 g/mol. The zero-order valence-electron chi connectivity index (χ0n) is 14.5. The van der Waals surface area contributed by atoms with Gasteiger partial charge in [0.05, 0.1) is 18.1 Å². The number of hydrogen-bond donors (Lipinski definition) is 0. The van der Waals surface area contributed by atoms with Crippen LogP contribution >= 0.6 is 0 Å². The quantitative estimate of drug-likeness (QED) is 0.566. The summed E-state index contributed by atoms with van der Waals surface area (Å²) in [7, 11) is 3.32. The minimum atomic E-state index is -0.446. The Bertz CT molecular complexity index is 714. The van der Waals surface area contributed by atoms with Gasteiger partial charge in [0, 0.05) is 18.5 Å². The van der Waals surface area contributed by atoms with Gasteiger partial charge in [0.25, 0.3) is 0 Å². The monoisotopic (exact) mass is 334 g/mol. The van der Waals surface area contributed by atoms with Gasteiger partial charge in [0.2, 0.25) is 5.89 Å².